The number of methoxy groups -OCH3 is 3. The van der Waals surface area contributed by atoms with E-state index in [0.717, 1.165) is 12.0 Å². The molecule has 1 aromatic rings. The molecule has 1 unspecified atom stereocenters. The predicted octanol–water partition coefficient (Wildman–Crippen LogP) is 4.58. The third-order valence-corrected chi connectivity index (χ3v) is 7.17. The van der Waals surface area contributed by atoms with Crippen LogP contribution in [0.15, 0.2) is 35.1 Å². The van der Waals surface area contributed by atoms with E-state index < -0.39 is 11.3 Å². The Morgan fingerprint density at radius 2 is 1.55 bits per heavy atom. The van der Waals surface area contributed by atoms with Gasteiger partial charge >= 0.3 is 0 Å². The smallest absolute Gasteiger partial charge is 0.191 e. The minimum Gasteiger partial charge on any atom is -0.496 e. The molecule has 2 aliphatic carbocycles. The average molecular weight is 447 g/mol. The lowest BCUT2D eigenvalue weighted by Crippen LogP contribution is -2.44. The number of fused-ring (bicyclic) bond motifs is 1. The van der Waals surface area contributed by atoms with Gasteiger partial charge in [-0.05, 0) is 41.7 Å². The van der Waals surface area contributed by atoms with Gasteiger partial charge in [-0.25, -0.2) is 0 Å². The molecule has 0 radical (unpaired) electrons. The van der Waals surface area contributed by atoms with Crippen LogP contribution in [-0.4, -0.2) is 21.3 Å². The Hall–Kier alpha value is -3.63. The zero-order chi connectivity index (χ0) is 24.6. The lowest BCUT2D eigenvalue weighted by Gasteiger charge is -2.47. The molecule has 1 aromatic carbocycles. The van der Waals surface area contributed by atoms with Crippen molar-refractivity contribution in [2.75, 3.05) is 21.3 Å². The summed E-state index contributed by atoms with van der Waals surface area (Å²) in [7, 11) is 4.59. The van der Waals surface area contributed by atoms with Gasteiger partial charge in [0.2, 0.25) is 0 Å². The maximum absolute atomic E-state index is 10.4. The molecule has 7 heteroatoms. The fourth-order valence-corrected chi connectivity index (χ4v) is 5.24. The number of hydrogen-bond donors (Lipinski definition) is 1. The minimum atomic E-state index is -1.74. The molecular formula is C26H30N4O3. The van der Waals surface area contributed by atoms with Crippen LogP contribution in [0.5, 0.6) is 17.2 Å². The lowest BCUT2D eigenvalue weighted by molar-refractivity contribution is 0.169. The summed E-state index contributed by atoms with van der Waals surface area (Å²) in [4.78, 5) is 0. The van der Waals surface area contributed by atoms with Crippen molar-refractivity contribution in [2.45, 2.75) is 39.5 Å². The number of benzene rings is 1. The van der Waals surface area contributed by atoms with Gasteiger partial charge in [0.15, 0.2) is 16.9 Å². The molecule has 3 rings (SSSR count). The molecule has 2 aliphatic rings. The zero-order valence-corrected chi connectivity index (χ0v) is 20.0. The van der Waals surface area contributed by atoms with Crippen LogP contribution < -0.4 is 19.9 Å². The van der Waals surface area contributed by atoms with E-state index in [9.17, 15) is 15.8 Å². The number of ether oxygens (including phenoxy) is 3. The van der Waals surface area contributed by atoms with E-state index in [1.54, 1.807) is 12.1 Å². The Labute approximate surface area is 195 Å². The van der Waals surface area contributed by atoms with E-state index in [2.05, 4.69) is 45.1 Å². The first-order valence-electron chi connectivity index (χ1n) is 10.9. The van der Waals surface area contributed by atoms with Crippen LogP contribution in [0.1, 0.15) is 45.1 Å². The topological polar surface area (TPSA) is 125 Å². The van der Waals surface area contributed by atoms with Gasteiger partial charge in [-0.15, -0.1) is 0 Å². The quantitative estimate of drug-likeness (QED) is 0.717. The van der Waals surface area contributed by atoms with E-state index in [1.807, 2.05) is 0 Å². The summed E-state index contributed by atoms with van der Waals surface area (Å²) in [6.07, 6.45) is 3.57. The van der Waals surface area contributed by atoms with Crippen LogP contribution in [0.25, 0.3) is 0 Å². The van der Waals surface area contributed by atoms with Crippen LogP contribution in [-0.2, 0) is 0 Å². The Balaban J connectivity index is 2.39. The maximum Gasteiger partial charge on any atom is 0.191 e. The van der Waals surface area contributed by atoms with Gasteiger partial charge in [-0.1, -0.05) is 26.8 Å². The largest absolute Gasteiger partial charge is 0.496 e. The second-order valence-corrected chi connectivity index (χ2v) is 9.66. The van der Waals surface area contributed by atoms with E-state index >= 15 is 0 Å². The fourth-order valence-electron chi connectivity index (χ4n) is 5.24. The number of hydrogen-bond acceptors (Lipinski definition) is 7. The van der Waals surface area contributed by atoms with E-state index in [4.69, 9.17) is 19.9 Å². The molecule has 3 atom stereocenters. The highest BCUT2D eigenvalue weighted by atomic mass is 16.5. The molecule has 0 aromatic heterocycles. The summed E-state index contributed by atoms with van der Waals surface area (Å²) >= 11 is 0. The minimum absolute atomic E-state index is 0.00598. The first kappa shape index (κ1) is 24.0. The molecule has 0 fully saturated rings. The lowest BCUT2D eigenvalue weighted by atomic mass is 9.54. The maximum atomic E-state index is 10.4. The standard InChI is InChI=1S/C26H30N4O3/c1-25(2,3)15-7-8-16-17(9-15)23(26(13-28,14-29)24(30)19(16)12-27)18-10-21(32-5)22(33-6)11-20(18)31-4/h8,10-11,15,17,23H,7,9,30H2,1-6H3/t15?,17-,23-/m1/s1. The Bertz CT molecular complexity index is 1120. The Morgan fingerprint density at radius 3 is 2.03 bits per heavy atom. The molecule has 0 spiro atoms. The van der Waals surface area contributed by atoms with Crippen molar-refractivity contribution in [1.82, 2.24) is 0 Å². The predicted molar refractivity (Wildman–Crippen MR) is 123 cm³/mol. The summed E-state index contributed by atoms with van der Waals surface area (Å²) in [5.74, 6) is 0.779. The third-order valence-electron chi connectivity index (χ3n) is 7.17. The molecule has 0 aliphatic heterocycles. The molecule has 0 saturated carbocycles. The first-order valence-corrected chi connectivity index (χ1v) is 10.9. The normalized spacial score (nSPS) is 23.8. The molecule has 0 saturated heterocycles. The molecule has 172 valence electrons. The van der Waals surface area contributed by atoms with Gasteiger partial charge in [0.25, 0.3) is 0 Å². The average Bonchev–Trinajstić information content (AvgIpc) is 2.81. The first-order chi connectivity index (χ1) is 15.6. The van der Waals surface area contributed by atoms with Crippen molar-refractivity contribution in [1.29, 1.82) is 15.8 Å². The van der Waals surface area contributed by atoms with Crippen LogP contribution >= 0.6 is 0 Å². The van der Waals surface area contributed by atoms with Crippen LogP contribution in [0.2, 0.25) is 0 Å². The third kappa shape index (κ3) is 3.66. The summed E-state index contributed by atoms with van der Waals surface area (Å²) < 4.78 is 16.6. The number of allylic oxidation sites excluding steroid dienone is 4. The number of nitrogens with two attached hydrogens (primary N) is 1. The van der Waals surface area contributed by atoms with Gasteiger partial charge in [0, 0.05) is 17.5 Å². The van der Waals surface area contributed by atoms with E-state index in [-0.39, 0.29) is 22.6 Å². The summed E-state index contributed by atoms with van der Waals surface area (Å²) in [5.41, 5.74) is 6.38. The van der Waals surface area contributed by atoms with Crippen LogP contribution in [0, 0.1) is 56.7 Å². The highest BCUT2D eigenvalue weighted by Gasteiger charge is 2.56. The molecule has 0 heterocycles. The van der Waals surface area contributed by atoms with Crippen molar-refractivity contribution in [3.05, 3.63) is 40.6 Å². The van der Waals surface area contributed by atoms with Crippen molar-refractivity contribution in [3.8, 4) is 35.5 Å². The van der Waals surface area contributed by atoms with E-state index in [1.165, 1.54) is 21.3 Å². The van der Waals surface area contributed by atoms with Gasteiger partial charge < -0.3 is 19.9 Å². The monoisotopic (exact) mass is 446 g/mol. The molecule has 0 bridgehead atoms. The van der Waals surface area contributed by atoms with Gasteiger partial charge in [-0.2, -0.15) is 15.8 Å². The Kier molecular flexibility index (Phi) is 6.35. The number of nitriles is 3. The zero-order valence-electron chi connectivity index (χ0n) is 20.0. The Morgan fingerprint density at radius 1 is 0.970 bits per heavy atom. The highest BCUT2D eigenvalue weighted by Crippen LogP contribution is 2.59. The van der Waals surface area contributed by atoms with Crippen molar-refractivity contribution in [2.24, 2.45) is 28.4 Å². The van der Waals surface area contributed by atoms with Crippen molar-refractivity contribution in [3.63, 3.8) is 0 Å². The second-order valence-electron chi connectivity index (χ2n) is 9.66. The summed E-state index contributed by atoms with van der Waals surface area (Å²) in [6.45, 7) is 6.55. The van der Waals surface area contributed by atoms with Gasteiger partial charge in [0.05, 0.1) is 44.7 Å². The fraction of sp³-hybridized carbons (Fsp3) is 0.500. The molecule has 0 amide bonds. The van der Waals surface area contributed by atoms with Gasteiger partial charge in [0.1, 0.15) is 11.8 Å². The van der Waals surface area contributed by atoms with Gasteiger partial charge in [-0.3, -0.25) is 0 Å². The van der Waals surface area contributed by atoms with Crippen LogP contribution in [0.4, 0.5) is 0 Å². The summed E-state index contributed by atoms with van der Waals surface area (Å²) in [5, 5.41) is 30.7. The van der Waals surface area contributed by atoms with Crippen molar-refractivity contribution >= 4 is 0 Å². The molecular weight excluding hydrogens is 416 g/mol. The summed E-state index contributed by atoms with van der Waals surface area (Å²) in [6, 6.07) is 10.0. The number of rotatable bonds is 4. The highest BCUT2D eigenvalue weighted by molar-refractivity contribution is 5.62. The molecule has 7 nitrogen and oxygen atoms in total. The van der Waals surface area contributed by atoms with Crippen molar-refractivity contribution < 1.29 is 14.2 Å². The van der Waals surface area contributed by atoms with E-state index in [0.29, 0.717) is 35.2 Å². The molecule has 33 heavy (non-hydrogen) atoms. The molecule has 2 N–H and O–H groups in total. The number of nitrogens with zero attached hydrogens (tertiary/aromatic N) is 3. The van der Waals surface area contributed by atoms with Crippen LogP contribution in [0.3, 0.4) is 0 Å². The SMILES string of the molecule is COc1cc(OC)c([C@H]2[C@@H]3CC(C(C)(C)C)CC=C3C(C#N)=C(N)C2(C#N)C#N)cc1OC. The second kappa shape index (κ2) is 8.72.